The van der Waals surface area contributed by atoms with Crippen LogP contribution in [0.1, 0.15) is 129 Å². The van der Waals surface area contributed by atoms with Crippen LogP contribution in [0.25, 0.3) is 0 Å². The molecule has 1 heterocycles. The highest BCUT2D eigenvalue weighted by Crippen LogP contribution is 2.60. The monoisotopic (exact) mass is 998 g/mol. The number of fused-ring (bicyclic) bond motifs is 2. The van der Waals surface area contributed by atoms with Gasteiger partial charge in [-0.2, -0.15) is 0 Å². The zero-order valence-electron chi connectivity index (χ0n) is 43.9. The van der Waals surface area contributed by atoms with Gasteiger partial charge in [-0.1, -0.05) is 6.92 Å². The van der Waals surface area contributed by atoms with Gasteiger partial charge < -0.3 is 58.3 Å². The number of aliphatic hydroxyl groups is 2. The molecule has 4 aromatic rings. The van der Waals surface area contributed by atoms with E-state index in [9.17, 15) is 44.4 Å². The van der Waals surface area contributed by atoms with Crippen molar-refractivity contribution in [2.75, 3.05) is 28.4 Å². The van der Waals surface area contributed by atoms with Gasteiger partial charge in [0.15, 0.2) is 5.78 Å². The summed E-state index contributed by atoms with van der Waals surface area (Å²) in [6, 6.07) is 0. The van der Waals surface area contributed by atoms with E-state index < -0.39 is 64.3 Å². The van der Waals surface area contributed by atoms with Crippen molar-refractivity contribution in [3.05, 3.63) is 89.0 Å². The Kier molecular flexibility index (Phi) is 14.1. The number of ketones is 1. The van der Waals surface area contributed by atoms with Crippen LogP contribution in [0.15, 0.2) is 0 Å². The number of methoxy groups -OCH3 is 4. The summed E-state index contributed by atoms with van der Waals surface area (Å²) in [5, 5.41) is 45.0. The number of aromatic carboxylic acids is 2. The minimum absolute atomic E-state index is 0.00609. The van der Waals surface area contributed by atoms with Crippen molar-refractivity contribution in [2.24, 2.45) is 17.3 Å². The quantitative estimate of drug-likeness (QED) is 0.0600. The number of carbonyl (C=O) groups is 6. The predicted molar refractivity (Wildman–Crippen MR) is 259 cm³/mol. The Balaban J connectivity index is 1.40. The minimum atomic E-state index is -2.67. The normalized spacial score (nSPS) is 21.1. The molecule has 18 nitrogen and oxygen atoms in total. The Labute approximate surface area is 417 Å². The van der Waals surface area contributed by atoms with Gasteiger partial charge in [0.1, 0.15) is 79.8 Å². The smallest absolute Gasteiger partial charge is 0.347 e. The van der Waals surface area contributed by atoms with Gasteiger partial charge in [0.25, 0.3) is 0 Å². The van der Waals surface area contributed by atoms with Crippen molar-refractivity contribution >= 4 is 35.6 Å². The van der Waals surface area contributed by atoms with Crippen molar-refractivity contribution in [1.29, 1.82) is 0 Å². The van der Waals surface area contributed by atoms with Gasteiger partial charge in [-0.25, -0.2) is 19.2 Å². The van der Waals surface area contributed by atoms with E-state index in [4.69, 9.17) is 37.9 Å². The van der Waals surface area contributed by atoms with Gasteiger partial charge >= 0.3 is 29.8 Å². The molecule has 0 spiro atoms. The molecule has 386 valence electrons. The van der Waals surface area contributed by atoms with Crippen LogP contribution in [0.2, 0.25) is 0 Å². The van der Waals surface area contributed by atoms with E-state index in [1.165, 1.54) is 56.1 Å². The Hall–Kier alpha value is -7.18. The van der Waals surface area contributed by atoms with E-state index in [0.717, 1.165) is 0 Å². The fraction of sp³-hybridized carbons (Fsp3) is 0.444. The Morgan fingerprint density at radius 1 is 0.500 bits per heavy atom. The summed E-state index contributed by atoms with van der Waals surface area (Å²) in [7, 11) is 5.24. The molecule has 0 aromatic heterocycles. The zero-order chi connectivity index (χ0) is 54.3. The molecule has 1 aliphatic heterocycles. The second-order valence-electron chi connectivity index (χ2n) is 19.1. The molecule has 5 atom stereocenters. The highest BCUT2D eigenvalue weighted by Gasteiger charge is 2.74. The summed E-state index contributed by atoms with van der Waals surface area (Å²) in [5.74, 6) is -11.7. The molecule has 18 heteroatoms. The fourth-order valence-corrected chi connectivity index (χ4v) is 10.8. The van der Waals surface area contributed by atoms with Crippen molar-refractivity contribution in [1.82, 2.24) is 0 Å². The largest absolute Gasteiger partial charge is 0.495 e. The standard InChI is InChI=1S/C54H62O18/c1-20-23(4)38(27(8)42(65-15)33(20)47(56)57)69-49(60)35-22(3)25(6)40(29(10)44(35)67-17)71-51(62)37-31(12)53(14,63)54(64)52(13,46(37)55)19-32-26(7)36(45(68-18)30(11)41(32)72-54)50(61)70-39-24(5)21(2)34(48(58)59)43(66-16)28(39)9/h31,37,63-64H,19H2,1-18H3,(H,56,57)(H,58,59). The third-order valence-electron chi connectivity index (χ3n) is 15.5. The van der Waals surface area contributed by atoms with Gasteiger partial charge in [-0.15, -0.1) is 0 Å². The lowest BCUT2D eigenvalue weighted by Crippen LogP contribution is -2.77. The van der Waals surface area contributed by atoms with Crippen molar-refractivity contribution in [2.45, 2.75) is 115 Å². The van der Waals surface area contributed by atoms with Crippen LogP contribution < -0.4 is 37.9 Å². The lowest BCUT2D eigenvalue weighted by atomic mass is 9.52. The molecule has 1 fully saturated rings. The number of benzene rings is 4. The van der Waals surface area contributed by atoms with E-state index in [2.05, 4.69) is 0 Å². The lowest BCUT2D eigenvalue weighted by molar-refractivity contribution is -0.334. The molecule has 6 rings (SSSR count). The third kappa shape index (κ3) is 7.68. The Morgan fingerprint density at radius 3 is 1.24 bits per heavy atom. The second-order valence-corrected chi connectivity index (χ2v) is 19.1. The summed E-state index contributed by atoms with van der Waals surface area (Å²) in [6.45, 7) is 21.4. The number of hydrogen-bond acceptors (Lipinski definition) is 16. The van der Waals surface area contributed by atoms with Crippen LogP contribution in [0, 0.1) is 93.4 Å². The van der Waals surface area contributed by atoms with E-state index in [0.29, 0.717) is 27.8 Å². The molecule has 72 heavy (non-hydrogen) atoms. The highest BCUT2D eigenvalue weighted by molar-refractivity contribution is 6.06. The molecule has 4 aromatic carbocycles. The number of rotatable bonds is 12. The third-order valence-corrected chi connectivity index (χ3v) is 15.5. The van der Waals surface area contributed by atoms with Crippen LogP contribution in [0.3, 0.4) is 0 Å². The highest BCUT2D eigenvalue weighted by atomic mass is 16.6. The first-order valence-electron chi connectivity index (χ1n) is 22.9. The molecule has 0 bridgehead atoms. The molecule has 0 amide bonds. The average molecular weight is 999 g/mol. The molecule has 4 N–H and O–H groups in total. The molecular formula is C54H62O18. The predicted octanol–water partition coefficient (Wildman–Crippen LogP) is 7.77. The number of hydrogen-bond donors (Lipinski definition) is 4. The average Bonchev–Trinajstić information content (AvgIpc) is 3.31. The van der Waals surface area contributed by atoms with E-state index in [1.54, 1.807) is 69.2 Å². The number of carbonyl (C=O) groups excluding carboxylic acids is 4. The second kappa shape index (κ2) is 18.8. The number of esters is 3. The maximum Gasteiger partial charge on any atom is 0.347 e. The summed E-state index contributed by atoms with van der Waals surface area (Å²) >= 11 is 0. The number of carboxylic acid groups (broad SMARTS) is 2. The van der Waals surface area contributed by atoms with Gasteiger partial charge in [-0.05, 0) is 141 Å². The first-order chi connectivity index (χ1) is 33.4. The maximum atomic E-state index is 15.2. The molecule has 0 saturated heterocycles. The SMILES string of the molecule is COc1c(C)c(OC(=O)c2c(C)c(C)c(OC(=O)C3C(=O)C4(C)Cc5c(C)c(C(=O)Oc6c(C)c(C)c(C(=O)O)c(OC)c6C)c(OC)c(C)c5OC4(O)C(C)(O)C3C)c(C)c2OC)c(C)c(C)c1C(=O)O. The van der Waals surface area contributed by atoms with E-state index in [-0.39, 0.29) is 114 Å². The van der Waals surface area contributed by atoms with Gasteiger partial charge in [0, 0.05) is 28.2 Å². The fourth-order valence-electron chi connectivity index (χ4n) is 10.8. The first kappa shape index (κ1) is 54.2. The topological polar surface area (TPSA) is 257 Å². The van der Waals surface area contributed by atoms with Crippen molar-refractivity contribution in [3.8, 4) is 46.0 Å². The van der Waals surface area contributed by atoms with E-state index >= 15 is 4.79 Å². The molecule has 5 unspecified atom stereocenters. The van der Waals surface area contributed by atoms with Gasteiger partial charge in [-0.3, -0.25) is 9.59 Å². The van der Waals surface area contributed by atoms with Crippen LogP contribution >= 0.6 is 0 Å². The van der Waals surface area contributed by atoms with Crippen LogP contribution in [0.5, 0.6) is 46.0 Å². The molecule has 2 aliphatic rings. The summed E-state index contributed by atoms with van der Waals surface area (Å²) in [4.78, 5) is 82.8. The number of ether oxygens (including phenoxy) is 8. The molecule has 1 saturated carbocycles. The summed E-state index contributed by atoms with van der Waals surface area (Å²) < 4.78 is 46.9. The van der Waals surface area contributed by atoms with Crippen molar-refractivity contribution < 1.29 is 87.1 Å². The van der Waals surface area contributed by atoms with Gasteiger partial charge in [0.05, 0.1) is 33.9 Å². The van der Waals surface area contributed by atoms with Crippen LogP contribution in [-0.2, 0) is 16.0 Å². The lowest BCUT2D eigenvalue weighted by Gasteiger charge is -2.60. The Morgan fingerprint density at radius 2 is 0.847 bits per heavy atom. The first-order valence-corrected chi connectivity index (χ1v) is 22.9. The van der Waals surface area contributed by atoms with Crippen molar-refractivity contribution in [3.63, 3.8) is 0 Å². The van der Waals surface area contributed by atoms with Crippen LogP contribution in [0.4, 0.5) is 0 Å². The van der Waals surface area contributed by atoms with Gasteiger partial charge in [0.2, 0.25) is 5.79 Å². The number of Topliss-reactive ketones (excluding diaryl/α,β-unsaturated/α-hetero) is 1. The van der Waals surface area contributed by atoms with Crippen LogP contribution in [-0.4, -0.2) is 95.9 Å². The number of carboxylic acids is 2. The molecule has 1 aliphatic carbocycles. The zero-order valence-corrected chi connectivity index (χ0v) is 43.9. The summed E-state index contributed by atoms with van der Waals surface area (Å²) in [5.41, 5.74) is -1.25. The molecule has 0 radical (unpaired) electrons. The Bertz CT molecular complexity index is 3070. The maximum absolute atomic E-state index is 15.2. The molecular weight excluding hydrogens is 937 g/mol. The van der Waals surface area contributed by atoms with E-state index in [1.807, 2.05) is 0 Å². The summed E-state index contributed by atoms with van der Waals surface area (Å²) in [6.07, 6.45) is -0.356. The minimum Gasteiger partial charge on any atom is -0.495 e.